The van der Waals surface area contributed by atoms with Gasteiger partial charge in [-0.3, -0.25) is 0 Å². The molecule has 7 nitrogen and oxygen atoms in total. The molecule has 0 aromatic heterocycles. The topological polar surface area (TPSA) is 83.0 Å². The van der Waals surface area contributed by atoms with E-state index in [1.165, 1.54) is 17.5 Å². The Hall–Kier alpha value is -1.85. The molecule has 0 amide bonds. The lowest BCUT2D eigenvalue weighted by molar-refractivity contribution is 0.122. The zero-order valence-corrected chi connectivity index (χ0v) is 22.1. The summed E-state index contributed by atoms with van der Waals surface area (Å²) in [5, 5.41) is 6.70. The summed E-state index contributed by atoms with van der Waals surface area (Å²) in [5.74, 6) is 0.726. The Morgan fingerprint density at radius 1 is 1.12 bits per heavy atom. The van der Waals surface area contributed by atoms with Gasteiger partial charge in [-0.05, 0) is 42.7 Å². The first-order valence-corrected chi connectivity index (χ1v) is 12.5. The van der Waals surface area contributed by atoms with Crippen molar-refractivity contribution in [3.8, 4) is 0 Å². The molecule has 1 aliphatic heterocycles. The molecule has 2 N–H and O–H groups in total. The monoisotopic (exact) mass is 572 g/mol. The molecule has 0 atom stereocenters. The van der Waals surface area contributed by atoms with E-state index in [1.807, 2.05) is 26.0 Å². The molecule has 1 heterocycles. The van der Waals surface area contributed by atoms with Crippen LogP contribution in [0, 0.1) is 6.92 Å². The number of guanidine groups is 1. The highest BCUT2D eigenvalue weighted by Gasteiger charge is 2.14. The van der Waals surface area contributed by atoms with Crippen LogP contribution in [0.25, 0.3) is 0 Å². The van der Waals surface area contributed by atoms with Crippen LogP contribution in [-0.4, -0.2) is 53.5 Å². The number of hydrogen-bond acceptors (Lipinski definition) is 5. The number of nitrogens with one attached hydrogen (secondary N) is 2. The smallest absolute Gasteiger partial charge is 0.191 e. The lowest BCUT2D eigenvalue weighted by Gasteiger charge is -2.30. The van der Waals surface area contributed by atoms with Crippen molar-refractivity contribution in [2.45, 2.75) is 31.8 Å². The number of halogens is 1. The van der Waals surface area contributed by atoms with Crippen molar-refractivity contribution >= 4 is 45.5 Å². The van der Waals surface area contributed by atoms with Gasteiger partial charge in [-0.1, -0.05) is 30.3 Å². The van der Waals surface area contributed by atoms with Crippen molar-refractivity contribution in [2.24, 2.45) is 4.99 Å². The summed E-state index contributed by atoms with van der Waals surface area (Å²) in [4.78, 5) is 7.41. The van der Waals surface area contributed by atoms with Crippen molar-refractivity contribution in [1.82, 2.24) is 10.6 Å². The number of anilines is 1. The van der Waals surface area contributed by atoms with E-state index >= 15 is 0 Å². The molecule has 0 aliphatic carbocycles. The van der Waals surface area contributed by atoms with Crippen LogP contribution in [0.2, 0.25) is 0 Å². The molecule has 32 heavy (non-hydrogen) atoms. The van der Waals surface area contributed by atoms with E-state index < -0.39 is 9.84 Å². The van der Waals surface area contributed by atoms with Crippen LogP contribution in [0.15, 0.2) is 52.4 Å². The Balaban J connectivity index is 0.00000363. The number of ether oxygens (including phenoxy) is 1. The van der Waals surface area contributed by atoms with E-state index in [4.69, 9.17) is 4.74 Å². The molecule has 176 valence electrons. The predicted octanol–water partition coefficient (Wildman–Crippen LogP) is 3.11. The number of nitrogens with zero attached hydrogens (tertiary/aromatic N) is 2. The van der Waals surface area contributed by atoms with E-state index in [0.29, 0.717) is 18.0 Å². The number of rotatable bonds is 7. The average molecular weight is 573 g/mol. The number of aryl methyl sites for hydroxylation is 1. The SMILES string of the molecule is CCNC(=NCc1ccc(S(C)(=O)=O)c(C)c1)NCc1ccccc1N1CCOCC1.I. The number of para-hydroxylation sites is 1. The van der Waals surface area contributed by atoms with Gasteiger partial charge in [0.15, 0.2) is 15.8 Å². The summed E-state index contributed by atoms with van der Waals surface area (Å²) in [7, 11) is -3.22. The predicted molar refractivity (Wildman–Crippen MR) is 141 cm³/mol. The maximum absolute atomic E-state index is 11.8. The highest BCUT2D eigenvalue weighted by molar-refractivity contribution is 14.0. The van der Waals surface area contributed by atoms with E-state index in [2.05, 4.69) is 44.8 Å². The summed E-state index contributed by atoms with van der Waals surface area (Å²) >= 11 is 0. The average Bonchev–Trinajstić information content (AvgIpc) is 2.75. The van der Waals surface area contributed by atoms with Crippen LogP contribution in [0.4, 0.5) is 5.69 Å². The van der Waals surface area contributed by atoms with Gasteiger partial charge in [0.05, 0.1) is 24.7 Å². The summed E-state index contributed by atoms with van der Waals surface area (Å²) in [6.07, 6.45) is 1.23. The summed E-state index contributed by atoms with van der Waals surface area (Å²) in [6, 6.07) is 13.8. The van der Waals surface area contributed by atoms with E-state index in [0.717, 1.165) is 49.9 Å². The van der Waals surface area contributed by atoms with Crippen molar-refractivity contribution in [1.29, 1.82) is 0 Å². The fraction of sp³-hybridized carbons (Fsp3) is 0.435. The highest BCUT2D eigenvalue weighted by atomic mass is 127. The van der Waals surface area contributed by atoms with Gasteiger partial charge in [0.2, 0.25) is 0 Å². The Labute approximate surface area is 208 Å². The third-order valence-corrected chi connectivity index (χ3v) is 6.45. The molecule has 0 unspecified atom stereocenters. The van der Waals surface area contributed by atoms with E-state index in [-0.39, 0.29) is 24.0 Å². The normalized spacial score (nSPS) is 14.6. The third-order valence-electron chi connectivity index (χ3n) is 5.19. The van der Waals surface area contributed by atoms with Gasteiger partial charge >= 0.3 is 0 Å². The second-order valence-electron chi connectivity index (χ2n) is 7.65. The largest absolute Gasteiger partial charge is 0.378 e. The second kappa shape index (κ2) is 12.4. The fourth-order valence-electron chi connectivity index (χ4n) is 3.69. The second-order valence-corrected chi connectivity index (χ2v) is 9.63. The third kappa shape index (κ3) is 7.35. The fourth-order valence-corrected chi connectivity index (χ4v) is 4.65. The zero-order valence-electron chi connectivity index (χ0n) is 18.9. The molecule has 0 bridgehead atoms. The molecule has 3 rings (SSSR count). The van der Waals surface area contributed by atoms with Crippen LogP contribution in [0.1, 0.15) is 23.6 Å². The number of sulfone groups is 1. The maximum Gasteiger partial charge on any atom is 0.191 e. The molecule has 0 radical (unpaired) electrons. The van der Waals surface area contributed by atoms with Crippen LogP contribution >= 0.6 is 24.0 Å². The Bertz CT molecular complexity index is 1020. The van der Waals surface area contributed by atoms with Crippen LogP contribution in [0.3, 0.4) is 0 Å². The lowest BCUT2D eigenvalue weighted by atomic mass is 10.1. The molecule has 1 saturated heterocycles. The van der Waals surface area contributed by atoms with Gasteiger partial charge in [-0.2, -0.15) is 0 Å². The Morgan fingerprint density at radius 2 is 1.84 bits per heavy atom. The van der Waals surface area contributed by atoms with Crippen molar-refractivity contribution in [3.05, 3.63) is 59.2 Å². The minimum Gasteiger partial charge on any atom is -0.378 e. The molecular weight excluding hydrogens is 539 g/mol. The standard InChI is InChI=1S/C23H32N4O3S.HI/c1-4-24-23(25-16-19-9-10-22(18(2)15-19)31(3,28)29)26-17-20-7-5-6-8-21(20)27-11-13-30-14-12-27;/h5-10,15H,4,11-14,16-17H2,1-3H3,(H2,24,25,26);1H. The first kappa shape index (κ1) is 26.4. The van der Waals surface area contributed by atoms with E-state index in [1.54, 1.807) is 6.07 Å². The van der Waals surface area contributed by atoms with Gasteiger partial charge in [-0.15, -0.1) is 24.0 Å². The molecule has 1 aliphatic rings. The van der Waals surface area contributed by atoms with Crippen LogP contribution in [0.5, 0.6) is 0 Å². The minimum absolute atomic E-state index is 0. The van der Waals surface area contributed by atoms with Crippen molar-refractivity contribution < 1.29 is 13.2 Å². The molecule has 0 saturated carbocycles. The first-order chi connectivity index (χ1) is 14.9. The Kier molecular flexibility index (Phi) is 10.2. The van der Waals surface area contributed by atoms with Gasteiger partial charge in [0.1, 0.15) is 0 Å². The first-order valence-electron chi connectivity index (χ1n) is 10.6. The van der Waals surface area contributed by atoms with Crippen LogP contribution in [-0.2, 0) is 27.7 Å². The summed E-state index contributed by atoms with van der Waals surface area (Å²) < 4.78 is 29.1. The highest BCUT2D eigenvalue weighted by Crippen LogP contribution is 2.21. The molecule has 1 fully saturated rings. The van der Waals surface area contributed by atoms with Crippen molar-refractivity contribution in [2.75, 3.05) is 44.0 Å². The summed E-state index contributed by atoms with van der Waals surface area (Å²) in [6.45, 7) is 9.02. The molecule has 9 heteroatoms. The number of hydrogen-bond donors (Lipinski definition) is 2. The molecular formula is C23H33IN4O3S. The van der Waals surface area contributed by atoms with Gasteiger partial charge in [-0.25, -0.2) is 13.4 Å². The van der Waals surface area contributed by atoms with Crippen LogP contribution < -0.4 is 15.5 Å². The quantitative estimate of drug-likeness (QED) is 0.302. The zero-order chi connectivity index (χ0) is 22.3. The maximum atomic E-state index is 11.8. The molecule has 2 aromatic rings. The molecule has 0 spiro atoms. The van der Waals surface area contributed by atoms with E-state index in [9.17, 15) is 8.42 Å². The lowest BCUT2D eigenvalue weighted by Crippen LogP contribution is -2.39. The van der Waals surface area contributed by atoms with Gasteiger partial charge < -0.3 is 20.3 Å². The van der Waals surface area contributed by atoms with Crippen molar-refractivity contribution in [3.63, 3.8) is 0 Å². The summed E-state index contributed by atoms with van der Waals surface area (Å²) in [5.41, 5.74) is 4.15. The number of benzene rings is 2. The van der Waals surface area contributed by atoms with Gasteiger partial charge in [0, 0.05) is 38.1 Å². The number of aliphatic imine (C=N–C) groups is 1. The minimum atomic E-state index is -3.22. The van der Waals surface area contributed by atoms with Gasteiger partial charge in [0.25, 0.3) is 0 Å². The molecule has 2 aromatic carbocycles. The Morgan fingerprint density at radius 3 is 2.50 bits per heavy atom. The number of morpholine rings is 1.